The summed E-state index contributed by atoms with van der Waals surface area (Å²) in [4.78, 5) is 15.6. The van der Waals surface area contributed by atoms with Crippen LogP contribution in [0.5, 0.6) is 0 Å². The number of aromatic amines is 1. The molecule has 0 radical (unpaired) electrons. The van der Waals surface area contributed by atoms with E-state index in [2.05, 4.69) is 25.3 Å². The van der Waals surface area contributed by atoms with E-state index in [9.17, 15) is 0 Å². The van der Waals surface area contributed by atoms with Gasteiger partial charge in [0.25, 0.3) is 0 Å². The van der Waals surface area contributed by atoms with E-state index in [1.165, 1.54) is 0 Å². The van der Waals surface area contributed by atoms with Crippen LogP contribution in [0.4, 0.5) is 5.82 Å². The summed E-state index contributed by atoms with van der Waals surface area (Å²) in [7, 11) is 0. The average Bonchev–Trinajstić information content (AvgIpc) is 2.98. The highest BCUT2D eigenvalue weighted by molar-refractivity contribution is 7.09. The quantitative estimate of drug-likeness (QED) is 0.722. The summed E-state index contributed by atoms with van der Waals surface area (Å²) >= 11 is 7.50. The van der Waals surface area contributed by atoms with Crippen LogP contribution in [0.1, 0.15) is 18.0 Å². The van der Waals surface area contributed by atoms with E-state index in [-0.39, 0.29) is 11.3 Å². The molecule has 0 aliphatic carbocycles. The van der Waals surface area contributed by atoms with Crippen molar-refractivity contribution in [3.63, 3.8) is 0 Å². The molecule has 3 rings (SSSR count). The Morgan fingerprint density at radius 2 is 2.33 bits per heavy atom. The third-order valence-corrected chi connectivity index (χ3v) is 3.69. The lowest BCUT2D eigenvalue weighted by Gasteiger charge is -2.12. The first kappa shape index (κ1) is 11.4. The summed E-state index contributed by atoms with van der Waals surface area (Å²) in [5.74, 6) is 0.717. The Kier molecular flexibility index (Phi) is 2.89. The van der Waals surface area contributed by atoms with Crippen LogP contribution in [0.15, 0.2) is 23.8 Å². The first-order valence-electron chi connectivity index (χ1n) is 5.40. The molecular formula is C11H10ClN5S. The fraction of sp³-hybridized carbons (Fsp3) is 0.182. The number of fused-ring (bicyclic) bond motifs is 1. The van der Waals surface area contributed by atoms with Gasteiger partial charge in [0.05, 0.1) is 11.4 Å². The highest BCUT2D eigenvalue weighted by Gasteiger charge is 2.12. The standard InChI is InChI=1S/C11H10ClN5S/c1-6(10-14-4-5-18-10)15-9-7-2-3-13-8(7)16-11(12)17-9/h2-6H,1H3,(H2,13,15,16,17). The molecule has 7 heteroatoms. The second kappa shape index (κ2) is 4.55. The Morgan fingerprint density at radius 3 is 3.11 bits per heavy atom. The smallest absolute Gasteiger partial charge is 0.226 e. The van der Waals surface area contributed by atoms with E-state index in [0.29, 0.717) is 5.82 Å². The number of thiazole rings is 1. The molecule has 0 fully saturated rings. The summed E-state index contributed by atoms with van der Waals surface area (Å²) in [6.07, 6.45) is 3.60. The Balaban J connectivity index is 1.97. The van der Waals surface area contributed by atoms with Crippen LogP contribution in [0.25, 0.3) is 11.0 Å². The first-order valence-corrected chi connectivity index (χ1v) is 6.66. The summed E-state index contributed by atoms with van der Waals surface area (Å²) in [6, 6.07) is 2.00. The summed E-state index contributed by atoms with van der Waals surface area (Å²) in [5, 5.41) is 7.41. The maximum atomic E-state index is 5.89. The normalized spacial score (nSPS) is 12.8. The van der Waals surface area contributed by atoms with E-state index in [0.717, 1.165) is 16.0 Å². The Labute approximate surface area is 112 Å². The van der Waals surface area contributed by atoms with Gasteiger partial charge in [-0.25, -0.2) is 9.97 Å². The van der Waals surface area contributed by atoms with Crippen LogP contribution in [-0.2, 0) is 0 Å². The van der Waals surface area contributed by atoms with Gasteiger partial charge in [-0.2, -0.15) is 4.98 Å². The zero-order valence-electron chi connectivity index (χ0n) is 9.51. The Morgan fingerprint density at radius 1 is 1.44 bits per heavy atom. The van der Waals surface area contributed by atoms with Gasteiger partial charge in [-0.3, -0.25) is 0 Å². The molecule has 0 amide bonds. The molecule has 92 valence electrons. The van der Waals surface area contributed by atoms with Crippen LogP contribution < -0.4 is 5.32 Å². The zero-order chi connectivity index (χ0) is 12.5. The summed E-state index contributed by atoms with van der Waals surface area (Å²) < 4.78 is 0. The van der Waals surface area contributed by atoms with Crippen LogP contribution in [0.2, 0.25) is 5.28 Å². The molecule has 0 saturated carbocycles. The molecular weight excluding hydrogens is 270 g/mol. The van der Waals surface area contributed by atoms with Crippen molar-refractivity contribution in [3.05, 3.63) is 34.1 Å². The molecule has 0 aliphatic heterocycles. The monoisotopic (exact) mass is 279 g/mol. The number of nitrogens with zero attached hydrogens (tertiary/aromatic N) is 3. The van der Waals surface area contributed by atoms with Crippen molar-refractivity contribution in [2.45, 2.75) is 13.0 Å². The number of aromatic nitrogens is 4. The lowest BCUT2D eigenvalue weighted by molar-refractivity contribution is 0.862. The SMILES string of the molecule is CC(Nc1nc(Cl)nc2[nH]ccc12)c1nccs1. The minimum Gasteiger partial charge on any atom is -0.360 e. The lowest BCUT2D eigenvalue weighted by Crippen LogP contribution is -2.08. The van der Waals surface area contributed by atoms with Gasteiger partial charge in [-0.1, -0.05) is 0 Å². The van der Waals surface area contributed by atoms with Crippen LogP contribution in [0, 0.1) is 0 Å². The largest absolute Gasteiger partial charge is 0.360 e. The van der Waals surface area contributed by atoms with E-state index in [1.807, 2.05) is 24.6 Å². The predicted molar refractivity (Wildman–Crippen MR) is 73.1 cm³/mol. The van der Waals surface area contributed by atoms with Gasteiger partial charge in [0.2, 0.25) is 5.28 Å². The fourth-order valence-corrected chi connectivity index (χ4v) is 2.55. The molecule has 0 aromatic carbocycles. The molecule has 3 heterocycles. The highest BCUT2D eigenvalue weighted by Crippen LogP contribution is 2.25. The average molecular weight is 280 g/mol. The van der Waals surface area contributed by atoms with E-state index in [1.54, 1.807) is 17.5 Å². The van der Waals surface area contributed by atoms with Crippen molar-refractivity contribution >= 4 is 39.8 Å². The van der Waals surface area contributed by atoms with Crippen LogP contribution in [0.3, 0.4) is 0 Å². The second-order valence-corrected chi connectivity index (χ2v) is 5.08. The number of nitrogens with one attached hydrogen (secondary N) is 2. The number of anilines is 1. The molecule has 18 heavy (non-hydrogen) atoms. The maximum Gasteiger partial charge on any atom is 0.226 e. The third-order valence-electron chi connectivity index (χ3n) is 2.56. The first-order chi connectivity index (χ1) is 8.74. The molecule has 0 aliphatic rings. The van der Waals surface area contributed by atoms with Gasteiger partial charge in [-0.15, -0.1) is 11.3 Å². The summed E-state index contributed by atoms with van der Waals surface area (Å²) in [5.41, 5.74) is 0.726. The molecule has 3 aromatic heterocycles. The van der Waals surface area contributed by atoms with Gasteiger partial charge in [0.1, 0.15) is 16.5 Å². The molecule has 1 unspecified atom stereocenters. The number of rotatable bonds is 3. The Bertz CT molecular complexity index is 663. The van der Waals surface area contributed by atoms with Crippen molar-refractivity contribution in [1.29, 1.82) is 0 Å². The van der Waals surface area contributed by atoms with E-state index < -0.39 is 0 Å². The molecule has 5 nitrogen and oxygen atoms in total. The minimum atomic E-state index is 0.0778. The van der Waals surface area contributed by atoms with Gasteiger partial charge in [0.15, 0.2) is 0 Å². The van der Waals surface area contributed by atoms with Crippen molar-refractivity contribution in [1.82, 2.24) is 19.9 Å². The minimum absolute atomic E-state index is 0.0778. The molecule has 0 bridgehead atoms. The number of hydrogen-bond donors (Lipinski definition) is 2. The Hall–Kier alpha value is -1.66. The predicted octanol–water partition coefficient (Wildman–Crippen LogP) is 3.24. The zero-order valence-corrected chi connectivity index (χ0v) is 11.1. The number of halogens is 1. The van der Waals surface area contributed by atoms with E-state index in [4.69, 9.17) is 11.6 Å². The molecule has 2 N–H and O–H groups in total. The van der Waals surface area contributed by atoms with Gasteiger partial charge < -0.3 is 10.3 Å². The molecule has 1 atom stereocenters. The molecule has 0 saturated heterocycles. The number of H-pyrrole nitrogens is 1. The molecule has 0 spiro atoms. The fourth-order valence-electron chi connectivity index (χ4n) is 1.74. The topological polar surface area (TPSA) is 66.5 Å². The number of hydrogen-bond acceptors (Lipinski definition) is 5. The summed E-state index contributed by atoms with van der Waals surface area (Å²) in [6.45, 7) is 2.04. The molecule has 3 aromatic rings. The highest BCUT2D eigenvalue weighted by atomic mass is 35.5. The van der Waals surface area contributed by atoms with Gasteiger partial charge in [0, 0.05) is 17.8 Å². The van der Waals surface area contributed by atoms with Gasteiger partial charge in [-0.05, 0) is 24.6 Å². The van der Waals surface area contributed by atoms with Crippen LogP contribution in [-0.4, -0.2) is 19.9 Å². The van der Waals surface area contributed by atoms with Crippen molar-refractivity contribution in [3.8, 4) is 0 Å². The third kappa shape index (κ3) is 2.04. The van der Waals surface area contributed by atoms with Crippen molar-refractivity contribution in [2.75, 3.05) is 5.32 Å². The van der Waals surface area contributed by atoms with Crippen LogP contribution >= 0.6 is 22.9 Å². The van der Waals surface area contributed by atoms with E-state index >= 15 is 0 Å². The second-order valence-electron chi connectivity index (χ2n) is 3.82. The van der Waals surface area contributed by atoms with Crippen molar-refractivity contribution < 1.29 is 0 Å². The van der Waals surface area contributed by atoms with Gasteiger partial charge >= 0.3 is 0 Å². The maximum absolute atomic E-state index is 5.89. The van der Waals surface area contributed by atoms with Crippen molar-refractivity contribution in [2.24, 2.45) is 0 Å². The lowest BCUT2D eigenvalue weighted by atomic mass is 10.3.